The first-order chi connectivity index (χ1) is 14.2. The van der Waals surface area contributed by atoms with Crippen LogP contribution >= 0.6 is 11.6 Å². The van der Waals surface area contributed by atoms with Crippen molar-refractivity contribution in [2.45, 2.75) is 38.1 Å². The highest BCUT2D eigenvalue weighted by atomic mass is 35.5. The Morgan fingerprint density at radius 1 is 1.23 bits per heavy atom. The Balaban J connectivity index is 1.77. The number of aryl methyl sites for hydroxylation is 1. The van der Waals surface area contributed by atoms with Gasteiger partial charge in [-0.1, -0.05) is 41.4 Å². The van der Waals surface area contributed by atoms with Crippen molar-refractivity contribution < 1.29 is 17.9 Å². The number of carbonyl (C=O) groups is 1. The molecule has 0 bridgehead atoms. The van der Waals surface area contributed by atoms with Gasteiger partial charge < -0.3 is 10.1 Å². The molecule has 0 radical (unpaired) electrons. The molecule has 1 aliphatic rings. The SMILES string of the molecule is COc1ccc(Cl)cc1S(=O)(=O)N1CCC[C@](C)(C(=O)NCc2ccc(C)cc2)C1. The molecule has 1 aliphatic heterocycles. The molecule has 0 aromatic heterocycles. The molecular formula is C22H27ClN2O4S. The van der Waals surface area contributed by atoms with Crippen LogP contribution in [0.3, 0.4) is 0 Å². The van der Waals surface area contributed by atoms with E-state index in [2.05, 4.69) is 5.32 Å². The molecule has 2 aromatic rings. The molecule has 0 saturated carbocycles. The first-order valence-electron chi connectivity index (χ1n) is 9.83. The molecular weight excluding hydrogens is 424 g/mol. The van der Waals surface area contributed by atoms with Gasteiger partial charge in [-0.3, -0.25) is 4.79 Å². The third kappa shape index (κ3) is 4.79. The van der Waals surface area contributed by atoms with Crippen LogP contribution in [0.4, 0.5) is 0 Å². The van der Waals surface area contributed by atoms with Crippen molar-refractivity contribution >= 4 is 27.5 Å². The average Bonchev–Trinajstić information content (AvgIpc) is 2.73. The summed E-state index contributed by atoms with van der Waals surface area (Å²) in [5.74, 6) is 0.0801. The molecule has 30 heavy (non-hydrogen) atoms. The van der Waals surface area contributed by atoms with E-state index < -0.39 is 15.4 Å². The number of hydrogen-bond acceptors (Lipinski definition) is 4. The van der Waals surface area contributed by atoms with Crippen LogP contribution in [0.2, 0.25) is 5.02 Å². The van der Waals surface area contributed by atoms with Crippen molar-refractivity contribution in [3.63, 3.8) is 0 Å². The van der Waals surface area contributed by atoms with Gasteiger partial charge in [0.2, 0.25) is 15.9 Å². The molecule has 1 saturated heterocycles. The highest BCUT2D eigenvalue weighted by molar-refractivity contribution is 7.89. The largest absolute Gasteiger partial charge is 0.495 e. The van der Waals surface area contributed by atoms with Crippen molar-refractivity contribution in [3.8, 4) is 5.75 Å². The lowest BCUT2D eigenvalue weighted by Gasteiger charge is -2.38. The number of amides is 1. The van der Waals surface area contributed by atoms with Gasteiger partial charge in [-0.15, -0.1) is 0 Å². The summed E-state index contributed by atoms with van der Waals surface area (Å²) in [6.07, 6.45) is 1.21. The molecule has 0 spiro atoms. The summed E-state index contributed by atoms with van der Waals surface area (Å²) in [5, 5.41) is 3.28. The second kappa shape index (κ2) is 8.96. The fourth-order valence-corrected chi connectivity index (χ4v) is 5.70. The molecule has 1 amide bonds. The highest BCUT2D eigenvalue weighted by Gasteiger charge is 2.42. The van der Waals surface area contributed by atoms with E-state index in [1.54, 1.807) is 6.07 Å². The molecule has 1 fully saturated rings. The second-order valence-corrected chi connectivity index (χ2v) is 10.3. The van der Waals surface area contributed by atoms with E-state index in [1.165, 1.54) is 23.5 Å². The smallest absolute Gasteiger partial charge is 0.246 e. The number of nitrogens with one attached hydrogen (secondary N) is 1. The van der Waals surface area contributed by atoms with E-state index in [0.29, 0.717) is 31.0 Å². The first-order valence-corrected chi connectivity index (χ1v) is 11.6. The van der Waals surface area contributed by atoms with E-state index in [1.807, 2.05) is 38.1 Å². The van der Waals surface area contributed by atoms with Gasteiger partial charge in [-0.05, 0) is 50.5 Å². The topological polar surface area (TPSA) is 75.7 Å². The van der Waals surface area contributed by atoms with Crippen LogP contribution in [0.1, 0.15) is 30.9 Å². The maximum atomic E-state index is 13.3. The molecule has 3 rings (SSSR count). The minimum absolute atomic E-state index is 0.0156. The minimum atomic E-state index is -3.86. The van der Waals surface area contributed by atoms with Crippen molar-refractivity contribution in [2.24, 2.45) is 5.41 Å². The zero-order valence-corrected chi connectivity index (χ0v) is 19.0. The molecule has 0 unspecified atom stereocenters. The van der Waals surface area contributed by atoms with Crippen LogP contribution in [-0.4, -0.2) is 38.8 Å². The number of ether oxygens (including phenoxy) is 1. The Morgan fingerprint density at radius 3 is 2.60 bits per heavy atom. The summed E-state index contributed by atoms with van der Waals surface area (Å²) in [6, 6.07) is 12.4. The number of carbonyl (C=O) groups excluding carboxylic acids is 1. The van der Waals surface area contributed by atoms with Crippen LogP contribution in [0.5, 0.6) is 5.75 Å². The van der Waals surface area contributed by atoms with E-state index in [-0.39, 0.29) is 23.1 Å². The lowest BCUT2D eigenvalue weighted by Crippen LogP contribution is -2.51. The third-order valence-electron chi connectivity index (χ3n) is 5.53. The van der Waals surface area contributed by atoms with Gasteiger partial charge in [0.25, 0.3) is 0 Å². The van der Waals surface area contributed by atoms with E-state index in [4.69, 9.17) is 16.3 Å². The Morgan fingerprint density at radius 2 is 1.93 bits per heavy atom. The monoisotopic (exact) mass is 450 g/mol. The highest BCUT2D eigenvalue weighted by Crippen LogP contribution is 2.36. The lowest BCUT2D eigenvalue weighted by atomic mass is 9.82. The van der Waals surface area contributed by atoms with Crippen LogP contribution in [-0.2, 0) is 21.4 Å². The quantitative estimate of drug-likeness (QED) is 0.726. The summed E-state index contributed by atoms with van der Waals surface area (Å²) < 4.78 is 33.2. The van der Waals surface area contributed by atoms with Crippen molar-refractivity contribution in [1.82, 2.24) is 9.62 Å². The zero-order valence-electron chi connectivity index (χ0n) is 17.4. The molecule has 1 heterocycles. The van der Waals surface area contributed by atoms with Gasteiger partial charge in [0.15, 0.2) is 0 Å². The lowest BCUT2D eigenvalue weighted by molar-refractivity contribution is -0.132. The molecule has 0 aliphatic carbocycles. The van der Waals surface area contributed by atoms with Crippen molar-refractivity contribution in [2.75, 3.05) is 20.2 Å². The molecule has 1 atom stereocenters. The molecule has 8 heteroatoms. The van der Waals surface area contributed by atoms with Gasteiger partial charge in [0.05, 0.1) is 12.5 Å². The summed E-state index contributed by atoms with van der Waals surface area (Å²) in [6.45, 7) is 4.68. The summed E-state index contributed by atoms with van der Waals surface area (Å²) in [7, 11) is -2.44. The second-order valence-electron chi connectivity index (χ2n) is 7.97. The van der Waals surface area contributed by atoms with E-state index in [0.717, 1.165) is 11.1 Å². The van der Waals surface area contributed by atoms with Crippen LogP contribution < -0.4 is 10.1 Å². The zero-order chi connectivity index (χ0) is 21.9. The van der Waals surface area contributed by atoms with Crippen molar-refractivity contribution in [3.05, 3.63) is 58.6 Å². The van der Waals surface area contributed by atoms with Gasteiger partial charge in [-0.25, -0.2) is 8.42 Å². The maximum absolute atomic E-state index is 13.3. The maximum Gasteiger partial charge on any atom is 0.246 e. The number of halogens is 1. The molecule has 162 valence electrons. The Hall–Kier alpha value is -2.09. The summed E-state index contributed by atoms with van der Waals surface area (Å²) in [5.41, 5.74) is 1.34. The standard InChI is InChI=1S/C22H27ClN2O4S/c1-16-5-7-17(8-6-16)14-24-21(26)22(2)11-4-12-25(15-22)30(27,28)20-13-18(23)9-10-19(20)29-3/h5-10,13H,4,11-12,14-15H2,1-3H3,(H,24,26)/t22-/m0/s1. The number of nitrogens with zero attached hydrogens (tertiary/aromatic N) is 1. The van der Waals surface area contributed by atoms with Crippen LogP contribution in [0, 0.1) is 12.3 Å². The number of hydrogen-bond donors (Lipinski definition) is 1. The predicted molar refractivity (Wildman–Crippen MR) is 117 cm³/mol. The Kier molecular flexibility index (Phi) is 6.75. The van der Waals surface area contributed by atoms with Gasteiger partial charge in [-0.2, -0.15) is 4.31 Å². The van der Waals surface area contributed by atoms with E-state index in [9.17, 15) is 13.2 Å². The third-order valence-corrected chi connectivity index (χ3v) is 7.63. The Labute approximate surface area is 183 Å². The van der Waals surface area contributed by atoms with Gasteiger partial charge in [0.1, 0.15) is 10.6 Å². The van der Waals surface area contributed by atoms with Crippen LogP contribution in [0.25, 0.3) is 0 Å². The summed E-state index contributed by atoms with van der Waals surface area (Å²) in [4.78, 5) is 13.0. The first kappa shape index (κ1) is 22.6. The molecule has 1 N–H and O–H groups in total. The average molecular weight is 451 g/mol. The number of rotatable bonds is 6. The van der Waals surface area contributed by atoms with Gasteiger partial charge >= 0.3 is 0 Å². The molecule has 6 nitrogen and oxygen atoms in total. The van der Waals surface area contributed by atoms with Crippen molar-refractivity contribution in [1.29, 1.82) is 0 Å². The van der Waals surface area contributed by atoms with E-state index >= 15 is 0 Å². The fraction of sp³-hybridized carbons (Fsp3) is 0.409. The Bertz CT molecular complexity index is 1020. The minimum Gasteiger partial charge on any atom is -0.495 e. The number of benzene rings is 2. The normalized spacial score (nSPS) is 20.0. The number of methoxy groups -OCH3 is 1. The van der Waals surface area contributed by atoms with Crippen LogP contribution in [0.15, 0.2) is 47.4 Å². The molecule has 2 aromatic carbocycles. The summed E-state index contributed by atoms with van der Waals surface area (Å²) >= 11 is 6.03. The number of sulfonamides is 1. The fourth-order valence-electron chi connectivity index (χ4n) is 3.68. The number of piperidine rings is 1. The predicted octanol–water partition coefficient (Wildman–Crippen LogP) is 3.76. The van der Waals surface area contributed by atoms with Gasteiger partial charge in [0, 0.05) is 24.7 Å².